The lowest BCUT2D eigenvalue weighted by Crippen LogP contribution is -2.42. The molecule has 0 radical (unpaired) electrons. The van der Waals surface area contributed by atoms with E-state index in [1.807, 2.05) is 24.3 Å². The topological polar surface area (TPSA) is 76.1 Å². The van der Waals surface area contributed by atoms with Gasteiger partial charge in [-0.2, -0.15) is 0 Å². The number of ether oxygens (including phenoxy) is 2. The lowest BCUT2D eigenvalue weighted by molar-refractivity contribution is -0.150. The predicted molar refractivity (Wildman–Crippen MR) is 115 cm³/mol. The van der Waals surface area contributed by atoms with E-state index < -0.39 is 12.1 Å². The zero-order valence-electron chi connectivity index (χ0n) is 17.4. The maximum atomic E-state index is 12.7. The van der Waals surface area contributed by atoms with Crippen molar-refractivity contribution < 1.29 is 24.2 Å². The fourth-order valence-corrected chi connectivity index (χ4v) is 5.33. The van der Waals surface area contributed by atoms with E-state index in [1.165, 1.54) is 22.3 Å². The summed E-state index contributed by atoms with van der Waals surface area (Å²) >= 11 is 0. The van der Waals surface area contributed by atoms with Crippen LogP contribution in [-0.4, -0.2) is 54.0 Å². The standard InChI is InChI=1S/C25H27NO5/c27-24(28)23-10-9-22(31-23)16-11-13-26(14-12-16)25(29)30-15-21-19-7-3-1-5-17(19)18-6-2-4-8-20(18)21/h1-8,16,21-23H,9-15H2,(H,27,28)/t22-,23+/m1/s1. The third kappa shape index (κ3) is 3.81. The normalized spacial score (nSPS) is 23.4. The molecule has 2 saturated heterocycles. The first-order chi connectivity index (χ1) is 15.1. The van der Waals surface area contributed by atoms with Gasteiger partial charge < -0.3 is 19.5 Å². The van der Waals surface area contributed by atoms with Crippen molar-refractivity contribution in [3.8, 4) is 11.1 Å². The number of amides is 1. The van der Waals surface area contributed by atoms with Gasteiger partial charge in [-0.3, -0.25) is 0 Å². The Morgan fingerprint density at radius 3 is 2.13 bits per heavy atom. The lowest BCUT2D eigenvalue weighted by atomic mass is 9.90. The van der Waals surface area contributed by atoms with Crippen molar-refractivity contribution in [2.24, 2.45) is 5.92 Å². The summed E-state index contributed by atoms with van der Waals surface area (Å²) in [5.74, 6) is -0.505. The van der Waals surface area contributed by atoms with E-state index in [2.05, 4.69) is 24.3 Å². The molecule has 0 aromatic heterocycles. The molecule has 1 aliphatic carbocycles. The van der Waals surface area contributed by atoms with Crippen molar-refractivity contribution >= 4 is 12.1 Å². The molecular weight excluding hydrogens is 394 g/mol. The molecule has 0 unspecified atom stereocenters. The summed E-state index contributed by atoms with van der Waals surface area (Å²) in [5.41, 5.74) is 4.86. The molecule has 31 heavy (non-hydrogen) atoms. The average Bonchev–Trinajstić information content (AvgIpc) is 3.42. The number of fused-ring (bicyclic) bond motifs is 3. The Bertz CT molecular complexity index is 936. The molecule has 0 saturated carbocycles. The van der Waals surface area contributed by atoms with Gasteiger partial charge in [-0.15, -0.1) is 0 Å². The number of carboxylic acid groups (broad SMARTS) is 1. The Morgan fingerprint density at radius 1 is 0.935 bits per heavy atom. The quantitative estimate of drug-likeness (QED) is 0.798. The van der Waals surface area contributed by atoms with Crippen molar-refractivity contribution in [1.82, 2.24) is 4.90 Å². The molecule has 3 aliphatic rings. The number of piperidine rings is 1. The first kappa shape index (κ1) is 20.1. The number of carbonyl (C=O) groups is 2. The molecule has 0 spiro atoms. The van der Waals surface area contributed by atoms with Crippen molar-refractivity contribution in [2.45, 2.75) is 43.8 Å². The van der Waals surface area contributed by atoms with Crippen molar-refractivity contribution in [3.63, 3.8) is 0 Å². The molecule has 2 aromatic rings. The van der Waals surface area contributed by atoms with Gasteiger partial charge in [0.05, 0.1) is 6.10 Å². The zero-order valence-corrected chi connectivity index (χ0v) is 17.4. The van der Waals surface area contributed by atoms with Gasteiger partial charge >= 0.3 is 12.1 Å². The highest BCUT2D eigenvalue weighted by Gasteiger charge is 2.37. The molecule has 0 bridgehead atoms. The molecule has 2 aromatic carbocycles. The van der Waals surface area contributed by atoms with Crippen LogP contribution in [0.3, 0.4) is 0 Å². The van der Waals surface area contributed by atoms with E-state index in [9.17, 15) is 9.59 Å². The minimum Gasteiger partial charge on any atom is -0.479 e. The second-order valence-corrected chi connectivity index (χ2v) is 8.71. The van der Waals surface area contributed by atoms with Crippen LogP contribution in [0.1, 0.15) is 42.7 Å². The first-order valence-corrected chi connectivity index (χ1v) is 11.1. The summed E-state index contributed by atoms with van der Waals surface area (Å²) in [7, 11) is 0. The third-order valence-corrected chi connectivity index (χ3v) is 6.99. The zero-order chi connectivity index (χ0) is 21.4. The summed E-state index contributed by atoms with van der Waals surface area (Å²) in [6.07, 6.45) is 2.05. The maximum Gasteiger partial charge on any atom is 0.409 e. The fourth-order valence-electron chi connectivity index (χ4n) is 5.33. The Kier molecular flexibility index (Phi) is 5.40. The molecule has 162 valence electrons. The molecular formula is C25H27NO5. The van der Waals surface area contributed by atoms with Gasteiger partial charge in [0.25, 0.3) is 0 Å². The van der Waals surface area contributed by atoms with Crippen molar-refractivity contribution in [1.29, 1.82) is 0 Å². The second kappa shape index (κ2) is 8.35. The SMILES string of the molecule is O=C(O)[C@@H]1CC[C@H](C2CCN(C(=O)OCC3c4ccccc4-c4ccccc43)CC2)O1. The van der Waals surface area contributed by atoms with Crippen molar-refractivity contribution in [2.75, 3.05) is 19.7 Å². The smallest absolute Gasteiger partial charge is 0.409 e. The van der Waals surface area contributed by atoms with E-state index in [0.717, 1.165) is 19.3 Å². The highest BCUT2D eigenvalue weighted by atomic mass is 16.6. The van der Waals surface area contributed by atoms with E-state index in [-0.39, 0.29) is 18.1 Å². The van der Waals surface area contributed by atoms with E-state index >= 15 is 0 Å². The molecule has 2 heterocycles. The molecule has 1 N–H and O–H groups in total. The summed E-state index contributed by atoms with van der Waals surface area (Å²) in [6, 6.07) is 16.6. The molecule has 6 heteroatoms. The third-order valence-electron chi connectivity index (χ3n) is 6.99. The molecule has 2 fully saturated rings. The van der Waals surface area contributed by atoms with E-state index in [0.29, 0.717) is 32.0 Å². The van der Waals surface area contributed by atoms with Crippen LogP contribution in [0.2, 0.25) is 0 Å². The minimum absolute atomic E-state index is 0.00855. The lowest BCUT2D eigenvalue weighted by Gasteiger charge is -2.34. The molecule has 2 atom stereocenters. The highest BCUT2D eigenvalue weighted by Crippen LogP contribution is 2.44. The van der Waals surface area contributed by atoms with Gasteiger partial charge in [-0.1, -0.05) is 48.5 Å². The number of rotatable bonds is 4. The number of likely N-dealkylation sites (tertiary alicyclic amines) is 1. The van der Waals surface area contributed by atoms with E-state index in [4.69, 9.17) is 14.6 Å². The number of hydrogen-bond acceptors (Lipinski definition) is 4. The van der Waals surface area contributed by atoms with E-state index in [1.54, 1.807) is 4.90 Å². The first-order valence-electron chi connectivity index (χ1n) is 11.1. The molecule has 2 aliphatic heterocycles. The van der Waals surface area contributed by atoms with Crippen molar-refractivity contribution in [3.05, 3.63) is 59.7 Å². The van der Waals surface area contributed by atoms with Gasteiger partial charge in [-0.05, 0) is 53.9 Å². The number of hydrogen-bond donors (Lipinski definition) is 1. The number of carboxylic acids is 1. The van der Waals surface area contributed by atoms with Crippen LogP contribution < -0.4 is 0 Å². The van der Waals surface area contributed by atoms with Gasteiger partial charge in [0.2, 0.25) is 0 Å². The van der Waals surface area contributed by atoms with Gasteiger partial charge in [0, 0.05) is 19.0 Å². The van der Waals surface area contributed by atoms with Gasteiger partial charge in [-0.25, -0.2) is 9.59 Å². The largest absolute Gasteiger partial charge is 0.479 e. The Morgan fingerprint density at radius 2 is 1.55 bits per heavy atom. The van der Waals surface area contributed by atoms with Crippen LogP contribution in [0.4, 0.5) is 4.79 Å². The Labute approximate surface area is 181 Å². The van der Waals surface area contributed by atoms with Crippen LogP contribution in [0, 0.1) is 5.92 Å². The highest BCUT2D eigenvalue weighted by molar-refractivity contribution is 5.79. The van der Waals surface area contributed by atoms with Crippen LogP contribution in [0.25, 0.3) is 11.1 Å². The fraction of sp³-hybridized carbons (Fsp3) is 0.440. The summed E-state index contributed by atoms with van der Waals surface area (Å²) in [4.78, 5) is 25.6. The number of aliphatic carboxylic acids is 1. The van der Waals surface area contributed by atoms with Gasteiger partial charge in [0.1, 0.15) is 6.61 Å². The van der Waals surface area contributed by atoms with Crippen LogP contribution in [0.15, 0.2) is 48.5 Å². The minimum atomic E-state index is -0.876. The molecule has 1 amide bonds. The maximum absolute atomic E-state index is 12.7. The summed E-state index contributed by atoms with van der Waals surface area (Å²) in [5, 5.41) is 9.12. The van der Waals surface area contributed by atoms with Crippen LogP contribution >= 0.6 is 0 Å². The number of nitrogens with zero attached hydrogens (tertiary/aromatic N) is 1. The predicted octanol–water partition coefficient (Wildman–Crippen LogP) is 4.28. The average molecular weight is 421 g/mol. The summed E-state index contributed by atoms with van der Waals surface area (Å²) in [6.45, 7) is 1.58. The second-order valence-electron chi connectivity index (χ2n) is 8.71. The Balaban J connectivity index is 1.17. The van der Waals surface area contributed by atoms with Crippen LogP contribution in [0.5, 0.6) is 0 Å². The monoisotopic (exact) mass is 421 g/mol. The summed E-state index contributed by atoms with van der Waals surface area (Å²) < 4.78 is 11.5. The van der Waals surface area contributed by atoms with Gasteiger partial charge in [0.15, 0.2) is 6.10 Å². The number of benzene rings is 2. The molecule has 5 rings (SSSR count). The Hall–Kier alpha value is -2.86. The van der Waals surface area contributed by atoms with Crippen LogP contribution in [-0.2, 0) is 14.3 Å². The molecule has 6 nitrogen and oxygen atoms in total. The number of carbonyl (C=O) groups excluding carboxylic acids is 1.